The normalized spacial score (nSPS) is 12.8. The van der Waals surface area contributed by atoms with Gasteiger partial charge in [-0.1, -0.05) is 44.5 Å². The van der Waals surface area contributed by atoms with E-state index in [0.717, 1.165) is 10.8 Å². The highest BCUT2D eigenvalue weighted by atomic mass is 35.5. The Morgan fingerprint density at radius 2 is 1.84 bits per heavy atom. The van der Waals surface area contributed by atoms with Crippen molar-refractivity contribution >= 4 is 23.4 Å². The third-order valence-electron chi connectivity index (χ3n) is 3.09. The van der Waals surface area contributed by atoms with Crippen LogP contribution in [0.1, 0.15) is 32.2 Å². The van der Waals surface area contributed by atoms with Crippen LogP contribution in [0.15, 0.2) is 36.7 Å². The van der Waals surface area contributed by atoms with Crippen molar-refractivity contribution in [3.05, 3.63) is 53.1 Å². The number of hydrogen-bond donors (Lipinski definition) is 0. The Labute approximate surface area is 119 Å². The van der Waals surface area contributed by atoms with Crippen molar-refractivity contribution in [3.63, 3.8) is 0 Å². The van der Waals surface area contributed by atoms with E-state index >= 15 is 0 Å². The highest BCUT2D eigenvalue weighted by molar-refractivity contribution is 6.30. The summed E-state index contributed by atoms with van der Waals surface area (Å²) in [6.07, 6.45) is 5.93. The number of hydrogen-bond acceptors (Lipinski definition) is 1. The van der Waals surface area contributed by atoms with Gasteiger partial charge in [0, 0.05) is 23.6 Å². The average molecular weight is 275 g/mol. The fraction of sp³-hybridized carbons (Fsp3) is 0.312. The molecule has 0 spiro atoms. The number of aromatic nitrogens is 2. The molecule has 1 heterocycles. The van der Waals surface area contributed by atoms with Crippen LogP contribution in [0.5, 0.6) is 0 Å². The summed E-state index contributed by atoms with van der Waals surface area (Å²) in [5.41, 5.74) is 2.49. The summed E-state index contributed by atoms with van der Waals surface area (Å²) < 4.78 is 2.05. The van der Waals surface area contributed by atoms with Crippen molar-refractivity contribution in [1.82, 2.24) is 9.55 Å². The third kappa shape index (κ3) is 3.27. The molecule has 0 saturated heterocycles. The molecule has 2 nitrogen and oxygen atoms in total. The summed E-state index contributed by atoms with van der Waals surface area (Å²) in [5, 5.41) is 0.760. The average Bonchev–Trinajstić information content (AvgIpc) is 2.72. The van der Waals surface area contributed by atoms with Crippen molar-refractivity contribution in [2.45, 2.75) is 27.7 Å². The van der Waals surface area contributed by atoms with Crippen molar-refractivity contribution in [3.8, 4) is 0 Å². The van der Waals surface area contributed by atoms with E-state index in [2.05, 4.69) is 48.7 Å². The van der Waals surface area contributed by atoms with Gasteiger partial charge in [0.1, 0.15) is 5.82 Å². The lowest BCUT2D eigenvalue weighted by atomic mass is 9.82. The van der Waals surface area contributed by atoms with Crippen LogP contribution < -0.4 is 0 Å². The standard InChI is InChI=1S/C16H19ClN2/c1-12-18-9-10-19(12)11-15(16(2,3)4)13-5-7-14(17)8-6-13/h5-11H,1-4H3/b15-11-. The number of allylic oxidation sites excluding steroid dienone is 1. The highest BCUT2D eigenvalue weighted by Gasteiger charge is 2.19. The molecule has 19 heavy (non-hydrogen) atoms. The Morgan fingerprint density at radius 3 is 2.32 bits per heavy atom. The van der Waals surface area contributed by atoms with Gasteiger partial charge in [-0.05, 0) is 35.6 Å². The Morgan fingerprint density at radius 1 is 1.21 bits per heavy atom. The fourth-order valence-corrected chi connectivity index (χ4v) is 2.12. The number of halogens is 1. The van der Waals surface area contributed by atoms with Crippen LogP contribution in [0.2, 0.25) is 5.02 Å². The van der Waals surface area contributed by atoms with Crippen LogP contribution in [0.25, 0.3) is 11.8 Å². The molecule has 0 saturated carbocycles. The van der Waals surface area contributed by atoms with Crippen molar-refractivity contribution in [2.75, 3.05) is 0 Å². The summed E-state index contributed by atoms with van der Waals surface area (Å²) in [6.45, 7) is 8.62. The SMILES string of the molecule is Cc1nccn1/C=C(/c1ccc(Cl)cc1)C(C)(C)C. The summed E-state index contributed by atoms with van der Waals surface area (Å²) >= 11 is 5.96. The molecule has 0 N–H and O–H groups in total. The van der Waals surface area contributed by atoms with E-state index in [-0.39, 0.29) is 5.41 Å². The monoisotopic (exact) mass is 274 g/mol. The van der Waals surface area contributed by atoms with E-state index in [9.17, 15) is 0 Å². The molecule has 3 heteroatoms. The molecular formula is C16H19ClN2. The smallest absolute Gasteiger partial charge is 0.109 e. The van der Waals surface area contributed by atoms with Gasteiger partial charge in [0.05, 0.1) is 0 Å². The summed E-state index contributed by atoms with van der Waals surface area (Å²) in [5.74, 6) is 0.982. The second kappa shape index (κ2) is 5.22. The lowest BCUT2D eigenvalue weighted by Gasteiger charge is -2.24. The molecule has 1 aromatic heterocycles. The van der Waals surface area contributed by atoms with Crippen LogP contribution in [-0.4, -0.2) is 9.55 Å². The molecule has 1 aromatic carbocycles. The molecule has 100 valence electrons. The lowest BCUT2D eigenvalue weighted by molar-refractivity contribution is 0.567. The minimum Gasteiger partial charge on any atom is -0.310 e. The van der Waals surface area contributed by atoms with Gasteiger partial charge >= 0.3 is 0 Å². The topological polar surface area (TPSA) is 17.8 Å². The van der Waals surface area contributed by atoms with E-state index in [1.54, 1.807) is 0 Å². The number of benzene rings is 1. The van der Waals surface area contributed by atoms with Crippen LogP contribution in [0.3, 0.4) is 0 Å². The largest absolute Gasteiger partial charge is 0.310 e. The number of nitrogens with zero attached hydrogens (tertiary/aromatic N) is 2. The summed E-state index contributed by atoms with van der Waals surface area (Å²) in [4.78, 5) is 4.26. The predicted molar refractivity (Wildman–Crippen MR) is 82.0 cm³/mol. The number of imidazole rings is 1. The number of rotatable bonds is 2. The Hall–Kier alpha value is -1.54. The van der Waals surface area contributed by atoms with Crippen LogP contribution in [0, 0.1) is 12.3 Å². The molecular weight excluding hydrogens is 256 g/mol. The molecule has 0 radical (unpaired) electrons. The first kappa shape index (κ1) is 13.9. The zero-order valence-corrected chi connectivity index (χ0v) is 12.6. The van der Waals surface area contributed by atoms with Crippen molar-refractivity contribution < 1.29 is 0 Å². The molecule has 0 atom stereocenters. The molecule has 0 aliphatic carbocycles. The molecule has 0 aliphatic rings. The Balaban J connectivity index is 2.51. The maximum absolute atomic E-state index is 5.96. The van der Waals surface area contributed by atoms with Gasteiger partial charge in [-0.15, -0.1) is 0 Å². The van der Waals surface area contributed by atoms with E-state index in [1.165, 1.54) is 11.1 Å². The van der Waals surface area contributed by atoms with Gasteiger partial charge in [0.15, 0.2) is 0 Å². The third-order valence-corrected chi connectivity index (χ3v) is 3.35. The zero-order chi connectivity index (χ0) is 14.0. The molecule has 0 fully saturated rings. The van der Waals surface area contributed by atoms with Crippen LogP contribution in [-0.2, 0) is 0 Å². The molecule has 0 unspecified atom stereocenters. The minimum absolute atomic E-state index is 0.0462. The summed E-state index contributed by atoms with van der Waals surface area (Å²) in [6, 6.07) is 7.98. The molecule has 2 aromatic rings. The fourth-order valence-electron chi connectivity index (χ4n) is 1.99. The Kier molecular flexibility index (Phi) is 3.81. The van der Waals surface area contributed by atoms with E-state index in [0.29, 0.717) is 0 Å². The van der Waals surface area contributed by atoms with Gasteiger partial charge < -0.3 is 4.57 Å². The second-order valence-corrected chi connectivity index (χ2v) is 6.12. The first-order chi connectivity index (χ1) is 8.88. The van der Waals surface area contributed by atoms with Gasteiger partial charge in [-0.3, -0.25) is 0 Å². The first-order valence-corrected chi connectivity index (χ1v) is 6.73. The lowest BCUT2D eigenvalue weighted by Crippen LogP contribution is -2.09. The second-order valence-electron chi connectivity index (χ2n) is 5.68. The molecule has 2 rings (SSSR count). The summed E-state index contributed by atoms with van der Waals surface area (Å²) in [7, 11) is 0. The van der Waals surface area contributed by atoms with Crippen LogP contribution in [0.4, 0.5) is 0 Å². The van der Waals surface area contributed by atoms with Gasteiger partial charge in [-0.2, -0.15) is 0 Å². The van der Waals surface area contributed by atoms with Crippen molar-refractivity contribution in [1.29, 1.82) is 0 Å². The maximum atomic E-state index is 5.96. The van der Waals surface area contributed by atoms with E-state index in [4.69, 9.17) is 11.6 Å². The highest BCUT2D eigenvalue weighted by Crippen LogP contribution is 2.35. The zero-order valence-electron chi connectivity index (χ0n) is 11.8. The quantitative estimate of drug-likeness (QED) is 0.762. The van der Waals surface area contributed by atoms with E-state index < -0.39 is 0 Å². The molecule has 0 amide bonds. The first-order valence-electron chi connectivity index (χ1n) is 6.35. The predicted octanol–water partition coefficient (Wildman–Crippen LogP) is 4.89. The Bertz CT molecular complexity index is 586. The minimum atomic E-state index is 0.0462. The molecule has 0 aliphatic heterocycles. The van der Waals surface area contributed by atoms with Crippen LogP contribution >= 0.6 is 11.6 Å². The van der Waals surface area contributed by atoms with Crippen molar-refractivity contribution in [2.24, 2.45) is 5.41 Å². The molecule has 0 bridgehead atoms. The van der Waals surface area contributed by atoms with E-state index in [1.807, 2.05) is 31.5 Å². The van der Waals surface area contributed by atoms with Gasteiger partial charge in [-0.25, -0.2) is 4.98 Å². The number of aryl methyl sites for hydroxylation is 1. The maximum Gasteiger partial charge on any atom is 0.109 e. The van der Waals surface area contributed by atoms with Gasteiger partial charge in [0.2, 0.25) is 0 Å². The van der Waals surface area contributed by atoms with Gasteiger partial charge in [0.25, 0.3) is 0 Å².